The van der Waals surface area contributed by atoms with E-state index in [9.17, 15) is 9.59 Å². The topological polar surface area (TPSA) is 58.6 Å². The summed E-state index contributed by atoms with van der Waals surface area (Å²) in [6.45, 7) is 2.01. The maximum Gasteiger partial charge on any atom is 0.338 e. The molecule has 0 fully saturated rings. The molecule has 0 saturated carbocycles. The van der Waals surface area contributed by atoms with Crippen molar-refractivity contribution in [3.8, 4) is 0 Å². The molecule has 3 rings (SSSR count). The van der Waals surface area contributed by atoms with E-state index in [-0.39, 0.29) is 12.6 Å². The molecule has 0 bridgehead atoms. The SMILES string of the molecule is CC1=C(C(=O)OCCc2ccccc2)[C@H](c2ccc(Cl)cc2)NC(=O)N1C. The van der Waals surface area contributed by atoms with Gasteiger partial charge in [-0.2, -0.15) is 0 Å². The maximum atomic E-state index is 12.8. The summed E-state index contributed by atoms with van der Waals surface area (Å²) in [4.78, 5) is 26.5. The summed E-state index contributed by atoms with van der Waals surface area (Å²) in [6.07, 6.45) is 0.632. The zero-order valence-corrected chi connectivity index (χ0v) is 16.0. The van der Waals surface area contributed by atoms with Crippen LogP contribution in [-0.4, -0.2) is 30.6 Å². The minimum Gasteiger partial charge on any atom is -0.462 e. The lowest BCUT2D eigenvalue weighted by atomic mass is 9.95. The van der Waals surface area contributed by atoms with Crippen LogP contribution in [-0.2, 0) is 16.0 Å². The van der Waals surface area contributed by atoms with Crippen LogP contribution in [0.1, 0.15) is 24.1 Å². The molecule has 2 aromatic carbocycles. The van der Waals surface area contributed by atoms with Crippen LogP contribution in [0.4, 0.5) is 4.79 Å². The smallest absolute Gasteiger partial charge is 0.338 e. The number of hydrogen-bond acceptors (Lipinski definition) is 3. The van der Waals surface area contributed by atoms with Crippen molar-refractivity contribution in [2.45, 2.75) is 19.4 Å². The fraction of sp³-hybridized carbons (Fsp3) is 0.238. The predicted octanol–water partition coefficient (Wildman–Crippen LogP) is 4.10. The number of benzene rings is 2. The Morgan fingerprint density at radius 2 is 1.81 bits per heavy atom. The second kappa shape index (κ2) is 8.27. The van der Waals surface area contributed by atoms with Gasteiger partial charge in [0.2, 0.25) is 0 Å². The van der Waals surface area contributed by atoms with Crippen LogP contribution in [0.5, 0.6) is 0 Å². The number of nitrogens with one attached hydrogen (secondary N) is 1. The van der Waals surface area contributed by atoms with Crippen LogP contribution in [0.25, 0.3) is 0 Å². The third-order valence-electron chi connectivity index (χ3n) is 4.64. The van der Waals surface area contributed by atoms with Gasteiger partial charge in [0.1, 0.15) is 0 Å². The van der Waals surface area contributed by atoms with Crippen molar-refractivity contribution in [1.82, 2.24) is 10.2 Å². The lowest BCUT2D eigenvalue weighted by Gasteiger charge is -2.33. The molecule has 27 heavy (non-hydrogen) atoms. The van der Waals surface area contributed by atoms with Gasteiger partial charge >= 0.3 is 12.0 Å². The summed E-state index contributed by atoms with van der Waals surface area (Å²) >= 11 is 5.96. The van der Waals surface area contributed by atoms with Crippen LogP contribution in [0, 0.1) is 0 Å². The standard InChI is InChI=1S/C21H21ClN2O3/c1-14-18(20(25)27-13-12-15-6-4-3-5-7-15)19(23-21(26)24(14)2)16-8-10-17(22)11-9-16/h3-11,19H,12-13H2,1-2H3,(H,23,26)/t19-/m0/s1. The van der Waals surface area contributed by atoms with Gasteiger partial charge in [-0.05, 0) is 30.2 Å². The summed E-state index contributed by atoms with van der Waals surface area (Å²) in [6, 6.07) is 16.0. The summed E-state index contributed by atoms with van der Waals surface area (Å²) in [5.41, 5.74) is 2.87. The van der Waals surface area contributed by atoms with Crippen molar-refractivity contribution in [3.63, 3.8) is 0 Å². The Balaban J connectivity index is 1.80. The quantitative estimate of drug-likeness (QED) is 0.789. The lowest BCUT2D eigenvalue weighted by molar-refractivity contribution is -0.139. The number of ether oxygens (including phenoxy) is 1. The molecular formula is C21H21ClN2O3. The minimum absolute atomic E-state index is 0.268. The van der Waals surface area contributed by atoms with Crippen molar-refractivity contribution >= 4 is 23.6 Å². The molecule has 1 atom stereocenters. The number of urea groups is 1. The minimum atomic E-state index is -0.574. The fourth-order valence-electron chi connectivity index (χ4n) is 2.99. The number of halogens is 1. The van der Waals surface area contributed by atoms with Gasteiger partial charge in [-0.25, -0.2) is 9.59 Å². The highest BCUT2D eigenvalue weighted by atomic mass is 35.5. The van der Waals surface area contributed by atoms with Crippen LogP contribution >= 0.6 is 11.6 Å². The molecule has 2 aromatic rings. The molecule has 6 heteroatoms. The van der Waals surface area contributed by atoms with Gasteiger partial charge in [-0.15, -0.1) is 0 Å². The van der Waals surface area contributed by atoms with E-state index in [0.29, 0.717) is 22.7 Å². The van der Waals surface area contributed by atoms with Crippen LogP contribution < -0.4 is 5.32 Å². The number of nitrogens with zero attached hydrogens (tertiary/aromatic N) is 1. The van der Waals surface area contributed by atoms with E-state index in [4.69, 9.17) is 16.3 Å². The summed E-state index contributed by atoms with van der Waals surface area (Å²) in [5, 5.41) is 3.45. The van der Waals surface area contributed by atoms with E-state index in [0.717, 1.165) is 11.1 Å². The van der Waals surface area contributed by atoms with E-state index in [2.05, 4.69) is 5.32 Å². The first-order valence-corrected chi connectivity index (χ1v) is 9.06. The Hall–Kier alpha value is -2.79. The number of allylic oxidation sites excluding steroid dienone is 1. The first kappa shape index (κ1) is 19.0. The van der Waals surface area contributed by atoms with Crippen LogP contribution in [0.3, 0.4) is 0 Å². The molecule has 140 valence electrons. The molecular weight excluding hydrogens is 364 g/mol. The highest BCUT2D eigenvalue weighted by Gasteiger charge is 2.34. The van der Waals surface area contributed by atoms with Gasteiger partial charge < -0.3 is 15.0 Å². The summed E-state index contributed by atoms with van der Waals surface area (Å²) < 4.78 is 5.51. The molecule has 0 aliphatic carbocycles. The van der Waals surface area contributed by atoms with Crippen molar-refractivity contribution in [1.29, 1.82) is 0 Å². The third kappa shape index (κ3) is 4.31. The number of carbonyl (C=O) groups is 2. The second-order valence-electron chi connectivity index (χ2n) is 6.36. The van der Waals surface area contributed by atoms with Crippen molar-refractivity contribution in [2.24, 2.45) is 0 Å². The van der Waals surface area contributed by atoms with Gasteiger partial charge in [-0.3, -0.25) is 0 Å². The second-order valence-corrected chi connectivity index (χ2v) is 6.80. The maximum absolute atomic E-state index is 12.8. The number of carbonyl (C=O) groups excluding carboxylic acids is 2. The Morgan fingerprint density at radius 1 is 1.15 bits per heavy atom. The van der Waals surface area contributed by atoms with Crippen LogP contribution in [0.15, 0.2) is 65.9 Å². The van der Waals surface area contributed by atoms with Crippen molar-refractivity contribution in [3.05, 3.63) is 82.0 Å². The highest BCUT2D eigenvalue weighted by Crippen LogP contribution is 2.31. The molecule has 2 amide bonds. The van der Waals surface area contributed by atoms with Gasteiger partial charge in [0, 0.05) is 24.2 Å². The number of esters is 1. The van der Waals surface area contributed by atoms with Gasteiger partial charge in [0.05, 0.1) is 18.2 Å². The van der Waals surface area contributed by atoms with Crippen molar-refractivity contribution < 1.29 is 14.3 Å². The molecule has 1 aliphatic rings. The number of rotatable bonds is 5. The van der Waals surface area contributed by atoms with E-state index in [1.54, 1.807) is 38.2 Å². The van der Waals surface area contributed by atoms with E-state index < -0.39 is 12.0 Å². The van der Waals surface area contributed by atoms with Gasteiger partial charge in [0.25, 0.3) is 0 Å². The summed E-state index contributed by atoms with van der Waals surface area (Å²) in [7, 11) is 1.62. The van der Waals surface area contributed by atoms with E-state index >= 15 is 0 Å². The molecule has 1 N–H and O–H groups in total. The normalized spacial score (nSPS) is 16.9. The van der Waals surface area contributed by atoms with Gasteiger partial charge in [0.15, 0.2) is 0 Å². The predicted molar refractivity (Wildman–Crippen MR) is 104 cm³/mol. The number of hydrogen-bond donors (Lipinski definition) is 1. The van der Waals surface area contributed by atoms with Crippen molar-refractivity contribution in [2.75, 3.05) is 13.7 Å². The Labute approximate surface area is 163 Å². The molecule has 1 heterocycles. The molecule has 0 unspecified atom stereocenters. The molecule has 0 saturated heterocycles. The Bertz CT molecular complexity index is 863. The molecule has 0 aromatic heterocycles. The fourth-order valence-corrected chi connectivity index (χ4v) is 3.12. The highest BCUT2D eigenvalue weighted by molar-refractivity contribution is 6.30. The largest absolute Gasteiger partial charge is 0.462 e. The molecule has 5 nitrogen and oxygen atoms in total. The monoisotopic (exact) mass is 384 g/mol. The average molecular weight is 385 g/mol. The Morgan fingerprint density at radius 3 is 2.48 bits per heavy atom. The molecule has 0 radical (unpaired) electrons. The zero-order valence-electron chi connectivity index (χ0n) is 15.2. The first-order chi connectivity index (χ1) is 13.0. The number of amides is 2. The first-order valence-electron chi connectivity index (χ1n) is 8.69. The van der Waals surface area contributed by atoms with Crippen LogP contribution in [0.2, 0.25) is 5.02 Å². The third-order valence-corrected chi connectivity index (χ3v) is 4.90. The lowest BCUT2D eigenvalue weighted by Crippen LogP contribution is -2.46. The zero-order chi connectivity index (χ0) is 19.4. The summed E-state index contributed by atoms with van der Waals surface area (Å²) in [5.74, 6) is -0.435. The van der Waals surface area contributed by atoms with Gasteiger partial charge in [-0.1, -0.05) is 54.1 Å². The van der Waals surface area contributed by atoms with E-state index in [1.165, 1.54) is 4.90 Å². The Kier molecular flexibility index (Phi) is 5.81. The average Bonchev–Trinajstić information content (AvgIpc) is 2.67. The molecule has 1 aliphatic heterocycles. The molecule has 0 spiro atoms. The van der Waals surface area contributed by atoms with E-state index in [1.807, 2.05) is 30.3 Å².